The summed E-state index contributed by atoms with van der Waals surface area (Å²) in [4.78, 5) is 11.9. The van der Waals surface area contributed by atoms with Crippen LogP contribution in [0.5, 0.6) is 5.75 Å². The first-order valence-electron chi connectivity index (χ1n) is 6.10. The van der Waals surface area contributed by atoms with Crippen LogP contribution in [0.3, 0.4) is 0 Å². The molecule has 1 amide bonds. The van der Waals surface area contributed by atoms with E-state index in [0.29, 0.717) is 5.02 Å². The summed E-state index contributed by atoms with van der Waals surface area (Å²) in [6.07, 6.45) is 0. The maximum absolute atomic E-state index is 11.9. The standard InChI is InChI=1S/C15H12Cl3NO2/c1-9-4-2-3-5-13(9)19-14(20)8-21-15-11(17)6-10(16)7-12(15)18/h2-7H,8H2,1H3,(H,19,20). The fourth-order valence-corrected chi connectivity index (χ4v) is 2.63. The number of aryl methyl sites for hydroxylation is 1. The number of carbonyl (C=O) groups is 1. The molecule has 2 rings (SSSR count). The second-order valence-corrected chi connectivity index (χ2v) is 5.60. The molecule has 0 unspecified atom stereocenters. The predicted octanol–water partition coefficient (Wildman–Crippen LogP) is 4.97. The number of halogens is 3. The zero-order valence-electron chi connectivity index (χ0n) is 11.1. The van der Waals surface area contributed by atoms with Gasteiger partial charge in [-0.3, -0.25) is 4.79 Å². The number of hydrogen-bond acceptors (Lipinski definition) is 2. The predicted molar refractivity (Wildman–Crippen MR) is 86.8 cm³/mol. The summed E-state index contributed by atoms with van der Waals surface area (Å²) in [6, 6.07) is 10.5. The number of nitrogens with one attached hydrogen (secondary N) is 1. The van der Waals surface area contributed by atoms with Gasteiger partial charge >= 0.3 is 0 Å². The average Bonchev–Trinajstić information content (AvgIpc) is 2.40. The smallest absolute Gasteiger partial charge is 0.262 e. The van der Waals surface area contributed by atoms with E-state index < -0.39 is 0 Å². The average molecular weight is 345 g/mol. The van der Waals surface area contributed by atoms with Crippen LogP contribution in [0.2, 0.25) is 15.1 Å². The Kier molecular flexibility index (Phi) is 5.34. The maximum atomic E-state index is 11.9. The topological polar surface area (TPSA) is 38.3 Å². The van der Waals surface area contributed by atoms with Crippen LogP contribution in [0.4, 0.5) is 5.69 Å². The van der Waals surface area contributed by atoms with Gasteiger partial charge in [-0.15, -0.1) is 0 Å². The van der Waals surface area contributed by atoms with Crippen LogP contribution in [0.1, 0.15) is 5.56 Å². The van der Waals surface area contributed by atoms with Gasteiger partial charge in [-0.2, -0.15) is 0 Å². The molecule has 0 spiro atoms. The van der Waals surface area contributed by atoms with Crippen LogP contribution in [0, 0.1) is 6.92 Å². The minimum atomic E-state index is -0.300. The van der Waals surface area contributed by atoms with E-state index in [1.165, 1.54) is 12.1 Å². The molecule has 2 aromatic carbocycles. The Hall–Kier alpha value is -1.42. The molecule has 0 aromatic heterocycles. The number of hydrogen-bond donors (Lipinski definition) is 1. The second-order valence-electron chi connectivity index (χ2n) is 4.35. The van der Waals surface area contributed by atoms with Crippen molar-refractivity contribution < 1.29 is 9.53 Å². The molecule has 0 radical (unpaired) electrons. The molecule has 0 bridgehead atoms. The van der Waals surface area contributed by atoms with Crippen LogP contribution >= 0.6 is 34.8 Å². The molecule has 0 aliphatic heterocycles. The fourth-order valence-electron chi connectivity index (χ4n) is 1.70. The highest BCUT2D eigenvalue weighted by Gasteiger charge is 2.12. The number of ether oxygens (including phenoxy) is 1. The normalized spacial score (nSPS) is 10.3. The summed E-state index contributed by atoms with van der Waals surface area (Å²) >= 11 is 17.8. The van der Waals surface area contributed by atoms with E-state index in [0.717, 1.165) is 11.3 Å². The van der Waals surface area contributed by atoms with E-state index in [1.54, 1.807) is 0 Å². The van der Waals surface area contributed by atoms with E-state index in [4.69, 9.17) is 39.5 Å². The molecule has 110 valence electrons. The monoisotopic (exact) mass is 343 g/mol. The third kappa shape index (κ3) is 4.27. The van der Waals surface area contributed by atoms with Crippen LogP contribution in [0.15, 0.2) is 36.4 Å². The van der Waals surface area contributed by atoms with Crippen molar-refractivity contribution in [1.82, 2.24) is 0 Å². The van der Waals surface area contributed by atoms with E-state index in [-0.39, 0.29) is 28.3 Å². The fraction of sp³-hybridized carbons (Fsp3) is 0.133. The minimum absolute atomic E-state index is 0.199. The Labute approximate surface area is 137 Å². The van der Waals surface area contributed by atoms with Crippen molar-refractivity contribution in [3.63, 3.8) is 0 Å². The summed E-state index contributed by atoms with van der Waals surface area (Å²) in [7, 11) is 0. The van der Waals surface area contributed by atoms with Gasteiger partial charge in [0.05, 0.1) is 10.0 Å². The number of benzene rings is 2. The van der Waals surface area contributed by atoms with E-state index in [9.17, 15) is 4.79 Å². The lowest BCUT2D eigenvalue weighted by atomic mass is 10.2. The second kappa shape index (κ2) is 7.03. The third-order valence-electron chi connectivity index (χ3n) is 2.73. The maximum Gasteiger partial charge on any atom is 0.262 e. The zero-order chi connectivity index (χ0) is 15.4. The van der Waals surface area contributed by atoms with Gasteiger partial charge in [0.15, 0.2) is 12.4 Å². The van der Waals surface area contributed by atoms with Gasteiger partial charge in [-0.1, -0.05) is 53.0 Å². The van der Waals surface area contributed by atoms with Crippen molar-refractivity contribution >= 4 is 46.4 Å². The largest absolute Gasteiger partial charge is 0.481 e. The minimum Gasteiger partial charge on any atom is -0.481 e. The molecule has 21 heavy (non-hydrogen) atoms. The van der Waals surface area contributed by atoms with Gasteiger partial charge in [0.1, 0.15) is 0 Å². The van der Waals surface area contributed by atoms with E-state index >= 15 is 0 Å². The van der Waals surface area contributed by atoms with Gasteiger partial charge in [0.2, 0.25) is 0 Å². The van der Waals surface area contributed by atoms with Crippen molar-refractivity contribution in [2.45, 2.75) is 6.92 Å². The lowest BCUT2D eigenvalue weighted by molar-refractivity contribution is -0.118. The van der Waals surface area contributed by atoms with Crippen molar-refractivity contribution in [3.8, 4) is 5.75 Å². The van der Waals surface area contributed by atoms with Crippen LogP contribution < -0.4 is 10.1 Å². The highest BCUT2D eigenvalue weighted by molar-refractivity contribution is 6.40. The van der Waals surface area contributed by atoms with Crippen LogP contribution in [0.25, 0.3) is 0 Å². The van der Waals surface area contributed by atoms with E-state index in [1.807, 2.05) is 31.2 Å². The Bertz CT molecular complexity index is 651. The van der Waals surface area contributed by atoms with Crippen molar-refractivity contribution in [2.75, 3.05) is 11.9 Å². The number of amides is 1. The molecule has 0 aliphatic carbocycles. The van der Waals surface area contributed by atoms with Gasteiger partial charge in [0, 0.05) is 10.7 Å². The molecule has 2 aromatic rings. The van der Waals surface area contributed by atoms with Crippen molar-refractivity contribution in [2.24, 2.45) is 0 Å². The van der Waals surface area contributed by atoms with E-state index in [2.05, 4.69) is 5.32 Å². The molecular weight excluding hydrogens is 333 g/mol. The first-order valence-corrected chi connectivity index (χ1v) is 7.23. The molecule has 3 nitrogen and oxygen atoms in total. The number of carbonyl (C=O) groups excluding carboxylic acids is 1. The first-order chi connectivity index (χ1) is 9.97. The molecular formula is C15H12Cl3NO2. The summed E-state index contributed by atoms with van der Waals surface area (Å²) < 4.78 is 5.36. The summed E-state index contributed by atoms with van der Waals surface area (Å²) in [5.41, 5.74) is 1.70. The highest BCUT2D eigenvalue weighted by Crippen LogP contribution is 2.35. The Morgan fingerprint density at radius 1 is 1.14 bits per heavy atom. The molecule has 0 saturated carbocycles. The Morgan fingerprint density at radius 2 is 1.76 bits per heavy atom. The van der Waals surface area contributed by atoms with Crippen molar-refractivity contribution in [1.29, 1.82) is 0 Å². The molecule has 0 atom stereocenters. The number of para-hydroxylation sites is 1. The van der Waals surface area contributed by atoms with Crippen LogP contribution in [-0.4, -0.2) is 12.5 Å². The highest BCUT2D eigenvalue weighted by atomic mass is 35.5. The van der Waals surface area contributed by atoms with Gasteiger partial charge < -0.3 is 10.1 Å². The van der Waals surface area contributed by atoms with Gasteiger partial charge in [-0.25, -0.2) is 0 Å². The molecule has 0 fully saturated rings. The number of anilines is 1. The van der Waals surface area contributed by atoms with Crippen molar-refractivity contribution in [3.05, 3.63) is 57.0 Å². The molecule has 0 heterocycles. The van der Waals surface area contributed by atoms with Gasteiger partial charge in [0.25, 0.3) is 5.91 Å². The molecule has 0 aliphatic rings. The van der Waals surface area contributed by atoms with Gasteiger partial charge in [-0.05, 0) is 30.7 Å². The quantitative estimate of drug-likeness (QED) is 0.850. The molecule has 1 N–H and O–H groups in total. The summed E-state index contributed by atoms with van der Waals surface area (Å²) in [5, 5.41) is 3.68. The SMILES string of the molecule is Cc1ccccc1NC(=O)COc1c(Cl)cc(Cl)cc1Cl. The Morgan fingerprint density at radius 3 is 2.38 bits per heavy atom. The molecule has 6 heteroatoms. The summed E-state index contributed by atoms with van der Waals surface area (Å²) in [6.45, 7) is 1.71. The lowest BCUT2D eigenvalue weighted by Gasteiger charge is -2.11. The lowest BCUT2D eigenvalue weighted by Crippen LogP contribution is -2.20. The Balaban J connectivity index is 2.01. The van der Waals surface area contributed by atoms with Crippen LogP contribution in [-0.2, 0) is 4.79 Å². The third-order valence-corrected chi connectivity index (χ3v) is 3.51. The summed E-state index contributed by atoms with van der Waals surface area (Å²) in [5.74, 6) is -0.0611. The first kappa shape index (κ1) is 16.0. The molecule has 0 saturated heterocycles. The number of rotatable bonds is 4. The zero-order valence-corrected chi connectivity index (χ0v) is 13.4.